The third-order valence-electron chi connectivity index (χ3n) is 5.44. The van der Waals surface area contributed by atoms with Gasteiger partial charge in [0, 0.05) is 38.3 Å². The number of methoxy groups -OCH3 is 1. The summed E-state index contributed by atoms with van der Waals surface area (Å²) in [5, 5.41) is 14.8. The van der Waals surface area contributed by atoms with Gasteiger partial charge < -0.3 is 24.6 Å². The van der Waals surface area contributed by atoms with E-state index in [1.54, 1.807) is 13.2 Å². The third kappa shape index (κ3) is 7.85. The van der Waals surface area contributed by atoms with Gasteiger partial charge in [-0.1, -0.05) is 36.4 Å². The molecule has 1 aliphatic heterocycles. The van der Waals surface area contributed by atoms with E-state index in [-0.39, 0.29) is 5.91 Å². The van der Waals surface area contributed by atoms with Crippen LogP contribution in [0.4, 0.5) is 0 Å². The number of ether oxygens (including phenoxy) is 2. The molecule has 188 valence electrons. The van der Waals surface area contributed by atoms with Crippen LogP contribution in [0.15, 0.2) is 78.9 Å². The van der Waals surface area contributed by atoms with Crippen LogP contribution in [0.1, 0.15) is 15.9 Å². The Hall–Kier alpha value is -4.37. The van der Waals surface area contributed by atoms with Crippen molar-refractivity contribution in [3.8, 4) is 17.2 Å². The molecule has 1 saturated heterocycles. The van der Waals surface area contributed by atoms with Crippen molar-refractivity contribution < 1.29 is 34.1 Å². The van der Waals surface area contributed by atoms with Crippen molar-refractivity contribution in [1.29, 1.82) is 0 Å². The van der Waals surface area contributed by atoms with Gasteiger partial charge in [0.2, 0.25) is 0 Å². The highest BCUT2D eigenvalue weighted by Crippen LogP contribution is 2.23. The predicted molar refractivity (Wildman–Crippen MR) is 132 cm³/mol. The fraction of sp³-hybridized carbons (Fsp3) is 0.222. The minimum Gasteiger partial charge on any atom is -0.497 e. The fourth-order valence-electron chi connectivity index (χ4n) is 3.64. The first-order valence-electron chi connectivity index (χ1n) is 11.3. The van der Waals surface area contributed by atoms with E-state index in [9.17, 15) is 4.79 Å². The van der Waals surface area contributed by atoms with Crippen LogP contribution in [0, 0.1) is 0 Å². The summed E-state index contributed by atoms with van der Waals surface area (Å²) in [6, 6.07) is 25.3. The summed E-state index contributed by atoms with van der Waals surface area (Å²) >= 11 is 0. The van der Waals surface area contributed by atoms with E-state index in [0.29, 0.717) is 11.3 Å². The van der Waals surface area contributed by atoms with Crippen molar-refractivity contribution in [1.82, 2.24) is 9.80 Å². The Labute approximate surface area is 209 Å². The van der Waals surface area contributed by atoms with Crippen molar-refractivity contribution in [3.05, 3.63) is 90.0 Å². The van der Waals surface area contributed by atoms with Crippen LogP contribution in [0.3, 0.4) is 0 Å². The molecule has 0 aromatic heterocycles. The molecular weight excluding hydrogens is 464 g/mol. The molecule has 0 aliphatic carbocycles. The van der Waals surface area contributed by atoms with Gasteiger partial charge in [-0.15, -0.1) is 0 Å². The smallest absolute Gasteiger partial charge is 0.414 e. The van der Waals surface area contributed by atoms with Gasteiger partial charge >= 0.3 is 11.9 Å². The fourth-order valence-corrected chi connectivity index (χ4v) is 3.64. The number of rotatable bonds is 6. The number of para-hydroxylation sites is 1. The Bertz CT molecular complexity index is 1160. The first kappa shape index (κ1) is 26.2. The van der Waals surface area contributed by atoms with Gasteiger partial charge in [-0.25, -0.2) is 9.59 Å². The topological polar surface area (TPSA) is 117 Å². The number of hydrogen-bond acceptors (Lipinski definition) is 6. The Morgan fingerprint density at radius 3 is 2.00 bits per heavy atom. The van der Waals surface area contributed by atoms with Crippen LogP contribution < -0.4 is 9.47 Å². The summed E-state index contributed by atoms with van der Waals surface area (Å²) in [5.41, 5.74) is 1.88. The quantitative estimate of drug-likeness (QED) is 0.502. The summed E-state index contributed by atoms with van der Waals surface area (Å²) in [7, 11) is 1.61. The zero-order valence-corrected chi connectivity index (χ0v) is 19.9. The van der Waals surface area contributed by atoms with Crippen molar-refractivity contribution >= 4 is 17.8 Å². The van der Waals surface area contributed by atoms with Crippen LogP contribution in [0.2, 0.25) is 0 Å². The number of carboxylic acids is 2. The van der Waals surface area contributed by atoms with E-state index in [1.807, 2.05) is 65.6 Å². The molecule has 9 nitrogen and oxygen atoms in total. The van der Waals surface area contributed by atoms with E-state index in [1.165, 1.54) is 5.56 Å². The number of carbonyl (C=O) groups is 3. The Balaban J connectivity index is 0.000000538. The standard InChI is InChI=1S/C25H26N2O3.C2H2O4/c1-29-23-11-6-8-21(18-23)25(28)27-15-13-26(14-16-27)19-20-7-5-12-24(17-20)30-22-9-3-2-4-10-22;3-1(4)2(5)6/h2-12,17-18H,13-16,19H2,1H3;(H,3,4)(H,5,6). The number of amides is 1. The lowest BCUT2D eigenvalue weighted by atomic mass is 10.1. The van der Waals surface area contributed by atoms with Crippen LogP contribution in [-0.4, -0.2) is 71.1 Å². The molecule has 3 aromatic rings. The summed E-state index contributed by atoms with van der Waals surface area (Å²) in [4.78, 5) is 35.3. The summed E-state index contributed by atoms with van der Waals surface area (Å²) in [6.07, 6.45) is 0. The first-order chi connectivity index (χ1) is 17.4. The number of hydrogen-bond donors (Lipinski definition) is 2. The van der Waals surface area contributed by atoms with Crippen molar-refractivity contribution in [2.45, 2.75) is 6.54 Å². The zero-order chi connectivity index (χ0) is 25.9. The van der Waals surface area contributed by atoms with Gasteiger partial charge in [-0.3, -0.25) is 9.69 Å². The van der Waals surface area contributed by atoms with Gasteiger partial charge in [0.15, 0.2) is 0 Å². The van der Waals surface area contributed by atoms with Crippen molar-refractivity contribution in [2.75, 3.05) is 33.3 Å². The predicted octanol–water partition coefficient (Wildman–Crippen LogP) is 3.60. The van der Waals surface area contributed by atoms with E-state index in [4.69, 9.17) is 29.3 Å². The Kier molecular flexibility index (Phi) is 9.41. The van der Waals surface area contributed by atoms with Gasteiger partial charge in [0.25, 0.3) is 5.91 Å². The minimum atomic E-state index is -1.82. The molecule has 1 aliphatic rings. The highest BCUT2D eigenvalue weighted by Gasteiger charge is 2.22. The lowest BCUT2D eigenvalue weighted by Gasteiger charge is -2.34. The molecule has 9 heteroatoms. The van der Waals surface area contributed by atoms with E-state index in [0.717, 1.165) is 44.2 Å². The van der Waals surface area contributed by atoms with Gasteiger partial charge in [-0.05, 0) is 48.0 Å². The largest absolute Gasteiger partial charge is 0.497 e. The molecule has 0 bridgehead atoms. The first-order valence-corrected chi connectivity index (χ1v) is 11.3. The molecule has 1 fully saturated rings. The lowest BCUT2D eigenvalue weighted by Crippen LogP contribution is -2.48. The van der Waals surface area contributed by atoms with Gasteiger partial charge in [0.1, 0.15) is 17.2 Å². The monoisotopic (exact) mass is 492 g/mol. The number of carbonyl (C=O) groups excluding carboxylic acids is 1. The molecule has 0 spiro atoms. The van der Waals surface area contributed by atoms with Crippen molar-refractivity contribution in [3.63, 3.8) is 0 Å². The normalized spacial score (nSPS) is 13.2. The Morgan fingerprint density at radius 2 is 1.36 bits per heavy atom. The number of benzene rings is 3. The van der Waals surface area contributed by atoms with E-state index in [2.05, 4.69) is 17.0 Å². The summed E-state index contributed by atoms with van der Waals surface area (Å²) < 4.78 is 11.2. The molecular formula is C27H28N2O7. The second kappa shape index (κ2) is 12.9. The molecule has 0 unspecified atom stereocenters. The molecule has 2 N–H and O–H groups in total. The SMILES string of the molecule is COc1cccc(C(=O)N2CCN(Cc3cccc(Oc4ccccc4)c3)CC2)c1.O=C(O)C(=O)O. The molecule has 1 heterocycles. The second-order valence-electron chi connectivity index (χ2n) is 7.97. The lowest BCUT2D eigenvalue weighted by molar-refractivity contribution is -0.159. The molecule has 36 heavy (non-hydrogen) atoms. The highest BCUT2D eigenvalue weighted by molar-refractivity contribution is 6.27. The number of piperazine rings is 1. The summed E-state index contributed by atoms with van der Waals surface area (Å²) in [6.45, 7) is 3.97. The minimum absolute atomic E-state index is 0.0619. The number of nitrogens with zero attached hydrogens (tertiary/aromatic N) is 2. The molecule has 0 radical (unpaired) electrons. The number of aliphatic carboxylic acids is 2. The summed E-state index contributed by atoms with van der Waals surface area (Å²) in [5.74, 6) is -1.21. The van der Waals surface area contributed by atoms with Gasteiger partial charge in [0.05, 0.1) is 7.11 Å². The van der Waals surface area contributed by atoms with Crippen LogP contribution in [0.25, 0.3) is 0 Å². The third-order valence-corrected chi connectivity index (χ3v) is 5.44. The maximum absolute atomic E-state index is 12.8. The van der Waals surface area contributed by atoms with E-state index < -0.39 is 11.9 Å². The zero-order valence-electron chi connectivity index (χ0n) is 19.9. The Morgan fingerprint density at radius 1 is 0.750 bits per heavy atom. The van der Waals surface area contributed by atoms with Crippen LogP contribution >= 0.6 is 0 Å². The van der Waals surface area contributed by atoms with Crippen LogP contribution in [0.5, 0.6) is 17.2 Å². The van der Waals surface area contributed by atoms with Crippen molar-refractivity contribution in [2.24, 2.45) is 0 Å². The molecule has 1 amide bonds. The number of carboxylic acid groups (broad SMARTS) is 2. The van der Waals surface area contributed by atoms with Gasteiger partial charge in [-0.2, -0.15) is 0 Å². The molecule has 0 atom stereocenters. The average Bonchev–Trinajstić information content (AvgIpc) is 2.90. The maximum atomic E-state index is 12.8. The maximum Gasteiger partial charge on any atom is 0.414 e. The molecule has 0 saturated carbocycles. The molecule has 4 rings (SSSR count). The van der Waals surface area contributed by atoms with E-state index >= 15 is 0 Å². The average molecular weight is 493 g/mol. The van der Waals surface area contributed by atoms with Crippen LogP contribution in [-0.2, 0) is 16.1 Å². The molecule has 3 aromatic carbocycles. The highest BCUT2D eigenvalue weighted by atomic mass is 16.5. The second-order valence-corrected chi connectivity index (χ2v) is 7.97.